The molecule has 0 unspecified atom stereocenters. The molecular formula is C32H30BrClFN3O4. The second-order valence-corrected chi connectivity index (χ2v) is 11.9. The minimum atomic E-state index is -0.556. The van der Waals surface area contributed by atoms with Crippen LogP contribution in [0.5, 0.6) is 0 Å². The van der Waals surface area contributed by atoms with Gasteiger partial charge in [-0.3, -0.25) is 19.4 Å². The maximum atomic E-state index is 14.9. The molecule has 42 heavy (non-hydrogen) atoms. The number of hydrogen-bond donors (Lipinski definition) is 1. The lowest BCUT2D eigenvalue weighted by Gasteiger charge is -2.34. The van der Waals surface area contributed by atoms with Crippen molar-refractivity contribution in [1.82, 2.24) is 9.88 Å². The van der Waals surface area contributed by atoms with Gasteiger partial charge in [0.15, 0.2) is 0 Å². The Bertz CT molecular complexity index is 1590. The van der Waals surface area contributed by atoms with E-state index >= 15 is 0 Å². The van der Waals surface area contributed by atoms with Crippen molar-refractivity contribution in [2.45, 2.75) is 45.1 Å². The number of pyridine rings is 1. The van der Waals surface area contributed by atoms with E-state index in [1.807, 2.05) is 31.2 Å². The van der Waals surface area contributed by atoms with Gasteiger partial charge in [0.1, 0.15) is 5.82 Å². The number of esters is 1. The molecule has 0 aliphatic carbocycles. The van der Waals surface area contributed by atoms with Crippen LogP contribution in [0, 0.1) is 11.7 Å². The van der Waals surface area contributed by atoms with Crippen molar-refractivity contribution in [3.8, 4) is 11.1 Å². The van der Waals surface area contributed by atoms with Gasteiger partial charge in [-0.25, -0.2) is 4.39 Å². The highest BCUT2D eigenvalue weighted by Gasteiger charge is 2.31. The zero-order valence-corrected chi connectivity index (χ0v) is 25.6. The number of fused-ring (bicyclic) bond motifs is 4. The average Bonchev–Trinajstić information content (AvgIpc) is 2.97. The molecule has 0 radical (unpaired) electrons. The summed E-state index contributed by atoms with van der Waals surface area (Å²) in [6, 6.07) is 12.1. The first-order valence-electron chi connectivity index (χ1n) is 13.8. The summed E-state index contributed by atoms with van der Waals surface area (Å²) in [5, 5.41) is 3.06. The van der Waals surface area contributed by atoms with Gasteiger partial charge < -0.3 is 15.0 Å². The van der Waals surface area contributed by atoms with Crippen LogP contribution in [0.2, 0.25) is 5.02 Å². The second kappa shape index (κ2) is 12.8. The van der Waals surface area contributed by atoms with Crippen molar-refractivity contribution in [1.29, 1.82) is 0 Å². The lowest BCUT2D eigenvalue weighted by atomic mass is 9.92. The van der Waals surface area contributed by atoms with E-state index in [9.17, 15) is 18.8 Å². The first-order valence-corrected chi connectivity index (χ1v) is 14.9. The van der Waals surface area contributed by atoms with Gasteiger partial charge in [-0.1, -0.05) is 53.0 Å². The zero-order chi connectivity index (χ0) is 30.0. The first-order chi connectivity index (χ1) is 20.2. The van der Waals surface area contributed by atoms with Crippen LogP contribution in [0.15, 0.2) is 59.2 Å². The van der Waals surface area contributed by atoms with Crippen LogP contribution in [0.4, 0.5) is 10.1 Å². The maximum absolute atomic E-state index is 14.9. The fourth-order valence-electron chi connectivity index (χ4n) is 5.54. The van der Waals surface area contributed by atoms with Gasteiger partial charge in [-0.15, -0.1) is 0 Å². The molecule has 2 amide bonds. The number of benzene rings is 2. The van der Waals surface area contributed by atoms with E-state index in [2.05, 4.69) is 26.2 Å². The molecule has 1 aromatic heterocycles. The highest BCUT2D eigenvalue weighted by atomic mass is 79.9. The van der Waals surface area contributed by atoms with Gasteiger partial charge in [0.2, 0.25) is 11.8 Å². The quantitative estimate of drug-likeness (QED) is 0.239. The summed E-state index contributed by atoms with van der Waals surface area (Å²) in [7, 11) is 1.34. The van der Waals surface area contributed by atoms with Gasteiger partial charge in [0.05, 0.1) is 30.3 Å². The molecule has 218 valence electrons. The van der Waals surface area contributed by atoms with E-state index in [0.717, 1.165) is 22.4 Å². The number of rotatable bonds is 4. The highest BCUT2D eigenvalue weighted by Crippen LogP contribution is 2.39. The van der Waals surface area contributed by atoms with Crippen LogP contribution in [0.3, 0.4) is 0 Å². The van der Waals surface area contributed by atoms with Gasteiger partial charge in [0, 0.05) is 46.0 Å². The molecule has 0 saturated heterocycles. The van der Waals surface area contributed by atoms with Crippen LogP contribution in [0.25, 0.3) is 16.7 Å². The molecule has 3 heterocycles. The molecule has 10 heteroatoms. The van der Waals surface area contributed by atoms with Gasteiger partial charge in [-0.2, -0.15) is 0 Å². The number of carbonyl (C=O) groups is 3. The van der Waals surface area contributed by atoms with Crippen LogP contribution in [0.1, 0.15) is 55.5 Å². The van der Waals surface area contributed by atoms with Crippen LogP contribution >= 0.6 is 27.5 Å². The summed E-state index contributed by atoms with van der Waals surface area (Å²) in [6.07, 6.45) is 5.64. The molecule has 2 aliphatic heterocycles. The van der Waals surface area contributed by atoms with Crippen molar-refractivity contribution in [3.05, 3.63) is 86.9 Å². The topological polar surface area (TPSA) is 88.6 Å². The highest BCUT2D eigenvalue weighted by molar-refractivity contribution is 9.10. The van der Waals surface area contributed by atoms with Crippen molar-refractivity contribution >= 4 is 56.6 Å². The van der Waals surface area contributed by atoms with E-state index in [-0.39, 0.29) is 41.2 Å². The Morgan fingerprint density at radius 1 is 1.19 bits per heavy atom. The number of nitrogens with one attached hydrogen (secondary N) is 1. The number of amides is 2. The monoisotopic (exact) mass is 653 g/mol. The fraction of sp³-hybridized carbons (Fsp3) is 0.312. The molecule has 1 N–H and O–H groups in total. The standard InChI is InChI=1S/C32H30BrClFN3O4/c1-18-4-3-5-27(38-13-11-21(17-28(38)39)30-23(33)8-9-24(34)31(30)35)26-16-20(10-12-36-26)22-7-6-19(15-29(40)42-2)14-25(22)37-32(18)41/h6-10,12,14,16-18,27H,3-5,11,13,15H2,1-2H3,(H,37,41)/t18-,27+/m1/s1. The number of aromatic nitrogens is 1. The number of methoxy groups -OCH3 is 1. The molecule has 3 aromatic rings. The van der Waals surface area contributed by atoms with Crippen molar-refractivity contribution in [2.24, 2.45) is 5.92 Å². The third-order valence-corrected chi connectivity index (χ3v) is 8.81. The summed E-state index contributed by atoms with van der Waals surface area (Å²) in [5.41, 5.74) is 4.54. The average molecular weight is 655 g/mol. The van der Waals surface area contributed by atoms with E-state index in [4.69, 9.17) is 16.3 Å². The van der Waals surface area contributed by atoms with Crippen molar-refractivity contribution in [3.63, 3.8) is 0 Å². The SMILES string of the molecule is COC(=O)Cc1ccc2c(c1)NC(=O)[C@H](C)CCC[C@H](N1CCC(c3c(Br)ccc(Cl)c3F)=CC1=O)c1cc-2ccn1. The molecule has 2 aromatic carbocycles. The summed E-state index contributed by atoms with van der Waals surface area (Å²) in [6.45, 7) is 2.26. The van der Waals surface area contributed by atoms with Gasteiger partial charge in [0.25, 0.3) is 0 Å². The second-order valence-electron chi connectivity index (χ2n) is 10.6. The molecule has 0 fully saturated rings. The number of halogens is 3. The Morgan fingerprint density at radius 3 is 2.76 bits per heavy atom. The molecule has 0 saturated carbocycles. The predicted molar refractivity (Wildman–Crippen MR) is 163 cm³/mol. The van der Waals surface area contributed by atoms with E-state index < -0.39 is 5.82 Å². The third-order valence-electron chi connectivity index (χ3n) is 7.86. The Morgan fingerprint density at radius 2 is 2.00 bits per heavy atom. The zero-order valence-electron chi connectivity index (χ0n) is 23.3. The summed E-state index contributed by atoms with van der Waals surface area (Å²) in [5.74, 6) is -1.55. The molecular weight excluding hydrogens is 625 g/mol. The minimum absolute atomic E-state index is 0.000153. The van der Waals surface area contributed by atoms with E-state index in [0.29, 0.717) is 53.5 Å². The molecule has 0 spiro atoms. The molecule has 5 rings (SSSR count). The summed E-state index contributed by atoms with van der Waals surface area (Å²) in [4.78, 5) is 45.1. The van der Waals surface area contributed by atoms with Gasteiger partial charge >= 0.3 is 5.97 Å². The number of nitrogens with zero attached hydrogens (tertiary/aromatic N) is 2. The van der Waals surface area contributed by atoms with Crippen molar-refractivity contribution < 1.29 is 23.5 Å². The number of anilines is 1. The smallest absolute Gasteiger partial charge is 0.309 e. The Labute approximate surface area is 257 Å². The third kappa shape index (κ3) is 6.27. The number of hydrogen-bond acceptors (Lipinski definition) is 5. The van der Waals surface area contributed by atoms with E-state index in [1.165, 1.54) is 19.3 Å². The summed E-state index contributed by atoms with van der Waals surface area (Å²) >= 11 is 9.44. The molecule has 7 nitrogen and oxygen atoms in total. The van der Waals surface area contributed by atoms with Crippen molar-refractivity contribution in [2.75, 3.05) is 19.0 Å². The van der Waals surface area contributed by atoms with E-state index in [1.54, 1.807) is 23.2 Å². The Hall–Kier alpha value is -3.56. The first kappa shape index (κ1) is 29.9. The summed E-state index contributed by atoms with van der Waals surface area (Å²) < 4.78 is 20.3. The molecule has 2 bridgehead atoms. The number of ether oxygens (including phenoxy) is 1. The molecule has 2 aliphatic rings. The lowest BCUT2D eigenvalue weighted by Crippen LogP contribution is -2.38. The number of carbonyl (C=O) groups excluding carboxylic acids is 3. The van der Waals surface area contributed by atoms with Crippen LogP contribution in [-0.4, -0.2) is 41.3 Å². The maximum Gasteiger partial charge on any atom is 0.309 e. The minimum Gasteiger partial charge on any atom is -0.469 e. The normalized spacial score (nSPS) is 19.2. The fourth-order valence-corrected chi connectivity index (χ4v) is 6.26. The lowest BCUT2D eigenvalue weighted by molar-refractivity contribution is -0.139. The van der Waals surface area contributed by atoms with Gasteiger partial charge in [-0.05, 0) is 66.3 Å². The largest absolute Gasteiger partial charge is 0.469 e. The Balaban J connectivity index is 1.52. The molecule has 2 atom stereocenters. The Kier molecular flexibility index (Phi) is 9.08. The predicted octanol–water partition coefficient (Wildman–Crippen LogP) is 7.13. The van der Waals surface area contributed by atoms with Crippen LogP contribution in [-0.2, 0) is 25.5 Å². The van der Waals surface area contributed by atoms with Crippen LogP contribution < -0.4 is 5.32 Å².